The molecule has 2 aromatic carbocycles. The van der Waals surface area contributed by atoms with E-state index in [1.807, 2.05) is 30.3 Å². The fourth-order valence-electron chi connectivity index (χ4n) is 3.10. The van der Waals surface area contributed by atoms with Crippen LogP contribution in [0.5, 0.6) is 11.5 Å². The van der Waals surface area contributed by atoms with E-state index in [0.717, 1.165) is 32.9 Å². The van der Waals surface area contributed by atoms with Gasteiger partial charge in [-0.3, -0.25) is 4.90 Å². The van der Waals surface area contributed by atoms with Crippen molar-refractivity contribution >= 4 is 37.4 Å². The molecule has 1 saturated heterocycles. The average molecular weight is 479 g/mol. The van der Waals surface area contributed by atoms with Crippen LogP contribution in [-0.4, -0.2) is 24.5 Å². The van der Waals surface area contributed by atoms with E-state index < -0.39 is 0 Å². The molecule has 3 rings (SSSR count). The Labute approximate surface area is 173 Å². The smallest absolute Gasteiger partial charge is 0.141 e. The molecule has 0 bridgehead atoms. The predicted octanol–water partition coefficient (Wildman–Crippen LogP) is 7.14. The Kier molecular flexibility index (Phi) is 6.96. The summed E-state index contributed by atoms with van der Waals surface area (Å²) in [5.74, 6) is 2.54. The second-order valence-corrected chi connectivity index (χ2v) is 8.84. The second-order valence-electron chi connectivity index (χ2n) is 7.07. The highest BCUT2D eigenvalue weighted by atomic mass is 79.9. The summed E-state index contributed by atoms with van der Waals surface area (Å²) >= 11 is 6.99. The van der Waals surface area contributed by atoms with Crippen LogP contribution in [0.1, 0.15) is 32.3 Å². The van der Waals surface area contributed by atoms with Gasteiger partial charge in [-0.15, -0.1) is 0 Å². The van der Waals surface area contributed by atoms with Crippen molar-refractivity contribution in [2.45, 2.75) is 26.7 Å². The molecule has 0 aromatic heterocycles. The molecule has 0 N–H and O–H groups in total. The lowest BCUT2D eigenvalue weighted by Gasteiger charge is -2.29. The van der Waals surface area contributed by atoms with E-state index in [0.29, 0.717) is 0 Å². The predicted molar refractivity (Wildman–Crippen MR) is 117 cm³/mol. The van der Waals surface area contributed by atoms with Crippen molar-refractivity contribution in [1.29, 1.82) is 0 Å². The Morgan fingerprint density at radius 1 is 1.12 bits per heavy atom. The molecule has 0 amide bonds. The first-order valence-electron chi connectivity index (χ1n) is 9.14. The molecule has 0 saturated carbocycles. The van der Waals surface area contributed by atoms with Crippen LogP contribution in [0, 0.1) is 5.92 Å². The Bertz CT molecular complexity index is 762. The van der Waals surface area contributed by atoms with E-state index >= 15 is 0 Å². The van der Waals surface area contributed by atoms with Gasteiger partial charge in [-0.1, -0.05) is 41.1 Å². The number of nitrogens with zero attached hydrogens (tertiary/aromatic N) is 1. The first-order chi connectivity index (χ1) is 12.5. The summed E-state index contributed by atoms with van der Waals surface area (Å²) in [5.41, 5.74) is 2.57. The summed E-state index contributed by atoms with van der Waals surface area (Å²) in [7, 11) is 0. The number of halogens is 2. The Morgan fingerprint density at radius 2 is 1.81 bits per heavy atom. The lowest BCUT2D eigenvalue weighted by atomic mass is 9.99. The molecule has 0 radical (unpaired) electrons. The van der Waals surface area contributed by atoms with Gasteiger partial charge >= 0.3 is 0 Å². The third-order valence-electron chi connectivity index (χ3n) is 4.96. The molecule has 26 heavy (non-hydrogen) atoms. The standard InChI is InChI=1S/C22H25Br2NO/c1-16-9-12-25(13-10-16)14-11-17(2)18-3-6-20(7-4-18)26-22-8-5-19(23)15-21(22)24/h3-8,11,15-16H,9-10,12-14H2,1-2H3/b17-11-. The summed E-state index contributed by atoms with van der Waals surface area (Å²) in [6.07, 6.45) is 4.99. The topological polar surface area (TPSA) is 12.5 Å². The number of hydrogen-bond donors (Lipinski definition) is 0. The van der Waals surface area contributed by atoms with Gasteiger partial charge in [-0.25, -0.2) is 0 Å². The van der Waals surface area contributed by atoms with Crippen LogP contribution in [0.25, 0.3) is 5.57 Å². The zero-order chi connectivity index (χ0) is 18.5. The number of benzene rings is 2. The minimum Gasteiger partial charge on any atom is -0.456 e. The third-order valence-corrected chi connectivity index (χ3v) is 6.08. The van der Waals surface area contributed by atoms with Crippen molar-refractivity contribution in [2.24, 2.45) is 5.92 Å². The SMILES string of the molecule is C/C(=C/CN1CCC(C)CC1)c1ccc(Oc2ccc(Br)cc2Br)cc1. The van der Waals surface area contributed by atoms with Gasteiger partial charge in [0.25, 0.3) is 0 Å². The molecular formula is C22H25Br2NO. The van der Waals surface area contributed by atoms with E-state index in [-0.39, 0.29) is 0 Å². The first kappa shape index (κ1) is 19.7. The van der Waals surface area contributed by atoms with Crippen molar-refractivity contribution < 1.29 is 4.74 Å². The fraction of sp³-hybridized carbons (Fsp3) is 0.364. The molecule has 1 heterocycles. The van der Waals surface area contributed by atoms with Crippen molar-refractivity contribution in [3.63, 3.8) is 0 Å². The van der Waals surface area contributed by atoms with E-state index in [4.69, 9.17) is 4.74 Å². The second kappa shape index (κ2) is 9.20. The number of piperidine rings is 1. The van der Waals surface area contributed by atoms with Gasteiger partial charge in [0, 0.05) is 11.0 Å². The maximum atomic E-state index is 5.97. The fourth-order valence-corrected chi connectivity index (χ4v) is 4.23. The Balaban J connectivity index is 1.60. The summed E-state index contributed by atoms with van der Waals surface area (Å²) in [6, 6.07) is 14.2. The Morgan fingerprint density at radius 3 is 2.46 bits per heavy atom. The molecule has 0 unspecified atom stereocenters. The van der Waals surface area contributed by atoms with Crippen molar-refractivity contribution in [2.75, 3.05) is 19.6 Å². The van der Waals surface area contributed by atoms with Crippen LogP contribution >= 0.6 is 31.9 Å². The molecule has 2 nitrogen and oxygen atoms in total. The molecule has 1 aliphatic rings. The van der Waals surface area contributed by atoms with E-state index in [1.165, 1.54) is 37.1 Å². The van der Waals surface area contributed by atoms with Gasteiger partial charge in [0.2, 0.25) is 0 Å². The van der Waals surface area contributed by atoms with Gasteiger partial charge < -0.3 is 4.74 Å². The highest BCUT2D eigenvalue weighted by Crippen LogP contribution is 2.32. The molecule has 138 valence electrons. The number of hydrogen-bond acceptors (Lipinski definition) is 2. The van der Waals surface area contributed by atoms with Gasteiger partial charge in [0.15, 0.2) is 0 Å². The van der Waals surface area contributed by atoms with Crippen molar-refractivity contribution in [3.8, 4) is 11.5 Å². The molecule has 0 spiro atoms. The normalized spacial score (nSPS) is 16.7. The van der Waals surface area contributed by atoms with E-state index in [2.05, 4.69) is 68.8 Å². The van der Waals surface area contributed by atoms with Crippen molar-refractivity contribution in [1.82, 2.24) is 4.90 Å². The van der Waals surface area contributed by atoms with Gasteiger partial charge in [0.1, 0.15) is 11.5 Å². The summed E-state index contributed by atoms with van der Waals surface area (Å²) in [5, 5.41) is 0. The first-order valence-corrected chi connectivity index (χ1v) is 10.7. The maximum Gasteiger partial charge on any atom is 0.141 e. The molecule has 4 heteroatoms. The molecule has 1 aliphatic heterocycles. The Hall–Kier alpha value is -1.10. The quantitative estimate of drug-likeness (QED) is 0.452. The maximum absolute atomic E-state index is 5.97. The monoisotopic (exact) mass is 477 g/mol. The van der Waals surface area contributed by atoms with E-state index in [1.54, 1.807) is 0 Å². The highest BCUT2D eigenvalue weighted by Gasteiger charge is 2.14. The molecule has 0 aliphatic carbocycles. The largest absolute Gasteiger partial charge is 0.456 e. The minimum absolute atomic E-state index is 0.813. The molecule has 0 atom stereocenters. The average Bonchev–Trinajstić information content (AvgIpc) is 2.64. The van der Waals surface area contributed by atoms with Gasteiger partial charge in [-0.2, -0.15) is 0 Å². The molecule has 2 aromatic rings. The molecule has 1 fully saturated rings. The highest BCUT2D eigenvalue weighted by molar-refractivity contribution is 9.11. The van der Waals surface area contributed by atoms with Crippen LogP contribution in [0.2, 0.25) is 0 Å². The van der Waals surface area contributed by atoms with Crippen molar-refractivity contribution in [3.05, 3.63) is 63.0 Å². The summed E-state index contributed by atoms with van der Waals surface area (Å²) < 4.78 is 7.93. The minimum atomic E-state index is 0.813. The number of likely N-dealkylation sites (tertiary alicyclic amines) is 1. The van der Waals surface area contributed by atoms with Gasteiger partial charge in [-0.05, 0) is 96.2 Å². The lowest BCUT2D eigenvalue weighted by Crippen LogP contribution is -2.32. The number of ether oxygens (including phenoxy) is 1. The molecular weight excluding hydrogens is 454 g/mol. The van der Waals surface area contributed by atoms with E-state index in [9.17, 15) is 0 Å². The number of rotatable bonds is 5. The number of allylic oxidation sites excluding steroid dienone is 1. The van der Waals surface area contributed by atoms with Crippen LogP contribution < -0.4 is 4.74 Å². The van der Waals surface area contributed by atoms with Crippen LogP contribution in [0.4, 0.5) is 0 Å². The summed E-state index contributed by atoms with van der Waals surface area (Å²) in [6.45, 7) is 8.03. The lowest BCUT2D eigenvalue weighted by molar-refractivity contribution is 0.210. The zero-order valence-electron chi connectivity index (χ0n) is 15.3. The zero-order valence-corrected chi connectivity index (χ0v) is 18.5. The third kappa shape index (κ3) is 5.45. The van der Waals surface area contributed by atoms with Crippen LogP contribution in [-0.2, 0) is 0 Å². The van der Waals surface area contributed by atoms with Crippen LogP contribution in [0.15, 0.2) is 57.5 Å². The van der Waals surface area contributed by atoms with Crippen LogP contribution in [0.3, 0.4) is 0 Å². The summed E-state index contributed by atoms with van der Waals surface area (Å²) in [4.78, 5) is 2.55. The van der Waals surface area contributed by atoms with Gasteiger partial charge in [0.05, 0.1) is 4.47 Å².